The van der Waals surface area contributed by atoms with E-state index < -0.39 is 0 Å². The molecule has 6 nitrogen and oxygen atoms in total. The standard InChI is InChI=1S/C21H35N5O/c1-5-27-18-14-17(21(18)12-7-6-8-13-21)25-20(22-2)23-15-16-10-9-11-19(24-16)26(3)4/h9-11,17-18H,5-8,12-15H2,1-4H3,(H2,22,23,25). The minimum Gasteiger partial charge on any atom is -0.378 e. The number of aromatic nitrogens is 1. The lowest BCUT2D eigenvalue weighted by Gasteiger charge is -2.57. The van der Waals surface area contributed by atoms with Crippen LogP contribution < -0.4 is 15.5 Å². The van der Waals surface area contributed by atoms with Crippen LogP contribution in [0, 0.1) is 5.41 Å². The number of aliphatic imine (C=N–C) groups is 1. The van der Waals surface area contributed by atoms with Crippen molar-refractivity contribution >= 4 is 11.8 Å². The van der Waals surface area contributed by atoms with E-state index >= 15 is 0 Å². The fourth-order valence-electron chi connectivity index (χ4n) is 4.61. The van der Waals surface area contributed by atoms with Crippen LogP contribution in [0.2, 0.25) is 0 Å². The summed E-state index contributed by atoms with van der Waals surface area (Å²) in [5.41, 5.74) is 1.30. The number of guanidine groups is 1. The average molecular weight is 374 g/mol. The highest BCUT2D eigenvalue weighted by atomic mass is 16.5. The van der Waals surface area contributed by atoms with Crippen LogP contribution in [0.3, 0.4) is 0 Å². The van der Waals surface area contributed by atoms with E-state index in [2.05, 4.69) is 27.5 Å². The van der Waals surface area contributed by atoms with Crippen molar-refractivity contribution in [3.05, 3.63) is 23.9 Å². The Bertz CT molecular complexity index is 639. The molecular formula is C21H35N5O. The summed E-state index contributed by atoms with van der Waals surface area (Å²) in [6, 6.07) is 6.56. The topological polar surface area (TPSA) is 61.8 Å². The Morgan fingerprint density at radius 3 is 2.74 bits per heavy atom. The predicted molar refractivity (Wildman–Crippen MR) is 111 cm³/mol. The average Bonchev–Trinajstić information content (AvgIpc) is 2.70. The van der Waals surface area contributed by atoms with Gasteiger partial charge >= 0.3 is 0 Å². The lowest BCUT2D eigenvalue weighted by molar-refractivity contribution is -0.145. The fourth-order valence-corrected chi connectivity index (χ4v) is 4.61. The molecule has 1 aromatic rings. The number of pyridine rings is 1. The Hall–Kier alpha value is -1.82. The van der Waals surface area contributed by atoms with Gasteiger partial charge in [-0.05, 0) is 38.3 Å². The van der Waals surface area contributed by atoms with Crippen LogP contribution >= 0.6 is 0 Å². The van der Waals surface area contributed by atoms with E-state index in [0.29, 0.717) is 18.7 Å². The van der Waals surface area contributed by atoms with Crippen LogP contribution in [0.25, 0.3) is 0 Å². The Labute approximate surface area is 163 Å². The maximum Gasteiger partial charge on any atom is 0.191 e. The molecule has 6 heteroatoms. The Balaban J connectivity index is 1.59. The zero-order valence-electron chi connectivity index (χ0n) is 17.3. The Morgan fingerprint density at radius 1 is 1.30 bits per heavy atom. The van der Waals surface area contributed by atoms with Gasteiger partial charge < -0.3 is 20.3 Å². The summed E-state index contributed by atoms with van der Waals surface area (Å²) in [5, 5.41) is 7.12. The van der Waals surface area contributed by atoms with Crippen LogP contribution in [-0.2, 0) is 11.3 Å². The van der Waals surface area contributed by atoms with Gasteiger partial charge in [0.1, 0.15) is 5.82 Å². The van der Waals surface area contributed by atoms with Crippen LogP contribution in [-0.4, -0.2) is 50.8 Å². The summed E-state index contributed by atoms with van der Waals surface area (Å²) < 4.78 is 6.07. The summed E-state index contributed by atoms with van der Waals surface area (Å²) in [6.07, 6.45) is 7.98. The highest BCUT2D eigenvalue weighted by molar-refractivity contribution is 5.80. The molecule has 0 aliphatic heterocycles. The second-order valence-electron chi connectivity index (χ2n) is 7.98. The first kappa shape index (κ1) is 19.9. The third-order valence-corrected chi connectivity index (χ3v) is 6.16. The molecule has 2 aliphatic carbocycles. The van der Waals surface area contributed by atoms with E-state index in [-0.39, 0.29) is 5.41 Å². The zero-order chi connectivity index (χ0) is 19.3. The van der Waals surface area contributed by atoms with Gasteiger partial charge in [0.2, 0.25) is 0 Å². The van der Waals surface area contributed by atoms with Crippen molar-refractivity contribution in [2.24, 2.45) is 10.4 Å². The number of ether oxygens (including phenoxy) is 1. The Kier molecular flexibility index (Phi) is 6.58. The highest BCUT2D eigenvalue weighted by Crippen LogP contribution is 2.53. The molecule has 1 heterocycles. The van der Waals surface area contributed by atoms with Gasteiger partial charge in [-0.25, -0.2) is 4.98 Å². The zero-order valence-corrected chi connectivity index (χ0v) is 17.3. The van der Waals surface area contributed by atoms with Crippen molar-refractivity contribution in [1.82, 2.24) is 15.6 Å². The summed E-state index contributed by atoms with van der Waals surface area (Å²) in [7, 11) is 5.86. The van der Waals surface area contributed by atoms with E-state index in [1.807, 2.05) is 44.2 Å². The number of hydrogen-bond acceptors (Lipinski definition) is 4. The lowest BCUT2D eigenvalue weighted by Crippen LogP contribution is -2.66. The Morgan fingerprint density at radius 2 is 2.07 bits per heavy atom. The minimum absolute atomic E-state index is 0.287. The van der Waals surface area contributed by atoms with Gasteiger partial charge in [-0.15, -0.1) is 0 Å². The van der Waals surface area contributed by atoms with Crippen molar-refractivity contribution in [1.29, 1.82) is 0 Å². The molecule has 0 aromatic carbocycles. The van der Waals surface area contributed by atoms with E-state index in [0.717, 1.165) is 30.5 Å². The van der Waals surface area contributed by atoms with Crippen molar-refractivity contribution in [2.45, 2.75) is 64.1 Å². The van der Waals surface area contributed by atoms with Gasteiger partial charge in [0, 0.05) is 39.2 Å². The van der Waals surface area contributed by atoms with Gasteiger partial charge in [-0.1, -0.05) is 25.3 Å². The smallest absolute Gasteiger partial charge is 0.191 e. The number of hydrogen-bond donors (Lipinski definition) is 2. The predicted octanol–water partition coefficient (Wildman–Crippen LogP) is 2.94. The third kappa shape index (κ3) is 4.37. The normalized spacial score (nSPS) is 24.4. The molecule has 0 amide bonds. The molecule has 3 rings (SSSR count). The first-order chi connectivity index (χ1) is 13.1. The second kappa shape index (κ2) is 8.91. The molecule has 0 bridgehead atoms. The van der Waals surface area contributed by atoms with E-state index in [1.165, 1.54) is 32.1 Å². The molecule has 2 atom stereocenters. The maximum atomic E-state index is 6.07. The molecule has 0 saturated heterocycles. The van der Waals surface area contributed by atoms with E-state index in [1.54, 1.807) is 0 Å². The number of nitrogens with zero attached hydrogens (tertiary/aromatic N) is 3. The molecule has 27 heavy (non-hydrogen) atoms. The van der Waals surface area contributed by atoms with Crippen molar-refractivity contribution in [3.8, 4) is 0 Å². The van der Waals surface area contributed by atoms with E-state index in [9.17, 15) is 0 Å². The molecule has 2 unspecified atom stereocenters. The van der Waals surface area contributed by atoms with Crippen LogP contribution in [0.4, 0.5) is 5.82 Å². The van der Waals surface area contributed by atoms with Crippen molar-refractivity contribution in [2.75, 3.05) is 32.6 Å². The number of nitrogens with one attached hydrogen (secondary N) is 2. The van der Waals surface area contributed by atoms with Gasteiger partial charge in [-0.2, -0.15) is 0 Å². The minimum atomic E-state index is 0.287. The largest absolute Gasteiger partial charge is 0.378 e. The first-order valence-electron chi connectivity index (χ1n) is 10.3. The molecular weight excluding hydrogens is 338 g/mol. The SMILES string of the molecule is CCOC1CC(NC(=NC)NCc2cccc(N(C)C)n2)C12CCCCC2. The summed E-state index contributed by atoms with van der Waals surface area (Å²) in [4.78, 5) is 11.1. The third-order valence-electron chi connectivity index (χ3n) is 6.16. The second-order valence-corrected chi connectivity index (χ2v) is 7.98. The van der Waals surface area contributed by atoms with Crippen molar-refractivity contribution in [3.63, 3.8) is 0 Å². The summed E-state index contributed by atoms with van der Waals surface area (Å²) >= 11 is 0. The molecule has 2 aliphatic rings. The number of rotatable bonds is 6. The molecule has 150 valence electrons. The van der Waals surface area contributed by atoms with Gasteiger partial charge in [-0.3, -0.25) is 4.99 Å². The summed E-state index contributed by atoms with van der Waals surface area (Å²) in [5.74, 6) is 1.83. The summed E-state index contributed by atoms with van der Waals surface area (Å²) in [6.45, 7) is 3.57. The quantitative estimate of drug-likeness (QED) is 0.593. The molecule has 2 fully saturated rings. The fraction of sp³-hybridized carbons (Fsp3) is 0.714. The van der Waals surface area contributed by atoms with Crippen LogP contribution in [0.15, 0.2) is 23.2 Å². The van der Waals surface area contributed by atoms with Crippen molar-refractivity contribution < 1.29 is 4.74 Å². The van der Waals surface area contributed by atoms with Gasteiger partial charge in [0.15, 0.2) is 5.96 Å². The number of anilines is 1. The molecule has 0 radical (unpaired) electrons. The maximum absolute atomic E-state index is 6.07. The monoisotopic (exact) mass is 373 g/mol. The molecule has 1 aromatic heterocycles. The van der Waals surface area contributed by atoms with Gasteiger partial charge in [0.25, 0.3) is 0 Å². The van der Waals surface area contributed by atoms with Gasteiger partial charge in [0.05, 0.1) is 18.3 Å². The van der Waals surface area contributed by atoms with Crippen LogP contribution in [0.5, 0.6) is 0 Å². The first-order valence-corrected chi connectivity index (χ1v) is 10.3. The highest BCUT2D eigenvalue weighted by Gasteiger charge is 2.55. The van der Waals surface area contributed by atoms with E-state index in [4.69, 9.17) is 4.74 Å². The molecule has 1 spiro atoms. The van der Waals surface area contributed by atoms with Crippen LogP contribution in [0.1, 0.15) is 51.1 Å². The molecule has 2 N–H and O–H groups in total. The lowest BCUT2D eigenvalue weighted by atomic mass is 9.55. The molecule has 2 saturated carbocycles.